The summed E-state index contributed by atoms with van der Waals surface area (Å²) < 4.78 is 0. The van der Waals surface area contributed by atoms with E-state index in [4.69, 9.17) is 5.73 Å². The predicted molar refractivity (Wildman–Crippen MR) is 81.4 cm³/mol. The topological polar surface area (TPSA) is 58.9 Å². The second kappa shape index (κ2) is 4.85. The van der Waals surface area contributed by atoms with E-state index in [1.54, 1.807) is 0 Å². The maximum Gasteiger partial charge on any atom is 0.221 e. The van der Waals surface area contributed by atoms with Gasteiger partial charge in [0, 0.05) is 22.7 Å². The molecule has 0 atom stereocenters. The van der Waals surface area contributed by atoms with E-state index >= 15 is 0 Å². The van der Waals surface area contributed by atoms with Crippen molar-refractivity contribution in [3.63, 3.8) is 0 Å². The van der Waals surface area contributed by atoms with Gasteiger partial charge in [0.25, 0.3) is 0 Å². The van der Waals surface area contributed by atoms with Gasteiger partial charge in [0.05, 0.1) is 6.42 Å². The first-order valence-corrected chi connectivity index (χ1v) is 6.59. The molecule has 0 spiro atoms. The fourth-order valence-electron chi connectivity index (χ4n) is 2.58. The molecule has 3 aromatic rings. The lowest BCUT2D eigenvalue weighted by molar-refractivity contribution is -0.117. The van der Waals surface area contributed by atoms with E-state index in [2.05, 4.69) is 17.1 Å². The van der Waals surface area contributed by atoms with Gasteiger partial charge in [-0.1, -0.05) is 42.0 Å². The van der Waals surface area contributed by atoms with Gasteiger partial charge in [-0.3, -0.25) is 4.79 Å². The summed E-state index contributed by atoms with van der Waals surface area (Å²) in [5, 5.41) is 1.16. The highest BCUT2D eigenvalue weighted by Gasteiger charge is 2.11. The Morgan fingerprint density at radius 1 is 1.15 bits per heavy atom. The molecule has 0 saturated heterocycles. The van der Waals surface area contributed by atoms with Crippen LogP contribution in [0.2, 0.25) is 0 Å². The first-order valence-electron chi connectivity index (χ1n) is 6.59. The van der Waals surface area contributed by atoms with E-state index in [0.717, 1.165) is 27.6 Å². The van der Waals surface area contributed by atoms with Crippen LogP contribution in [0.15, 0.2) is 48.7 Å². The number of primary amides is 1. The second-order valence-corrected chi connectivity index (χ2v) is 5.05. The fraction of sp³-hybridized carbons (Fsp3) is 0.118. The molecular weight excluding hydrogens is 248 g/mol. The minimum atomic E-state index is -0.310. The molecule has 100 valence electrons. The molecule has 0 fully saturated rings. The van der Waals surface area contributed by atoms with Crippen LogP contribution in [0, 0.1) is 6.92 Å². The molecule has 3 rings (SSSR count). The Labute approximate surface area is 117 Å². The normalized spacial score (nSPS) is 10.8. The SMILES string of the molecule is Cc1ccc(CC(N)=O)c(-c2c[nH]c3ccccc23)c1. The van der Waals surface area contributed by atoms with Crippen LogP contribution in [-0.4, -0.2) is 10.9 Å². The van der Waals surface area contributed by atoms with E-state index in [1.807, 2.05) is 43.5 Å². The molecule has 0 radical (unpaired) electrons. The van der Waals surface area contributed by atoms with Gasteiger partial charge in [-0.15, -0.1) is 0 Å². The largest absolute Gasteiger partial charge is 0.369 e. The van der Waals surface area contributed by atoms with Crippen molar-refractivity contribution in [2.75, 3.05) is 0 Å². The third kappa shape index (κ3) is 2.18. The average Bonchev–Trinajstić information content (AvgIpc) is 2.84. The van der Waals surface area contributed by atoms with E-state index in [9.17, 15) is 4.79 Å². The number of rotatable bonds is 3. The highest BCUT2D eigenvalue weighted by atomic mass is 16.1. The van der Waals surface area contributed by atoms with Gasteiger partial charge in [0.15, 0.2) is 0 Å². The molecule has 0 aliphatic carbocycles. The molecule has 3 heteroatoms. The van der Waals surface area contributed by atoms with Crippen LogP contribution in [0.3, 0.4) is 0 Å². The van der Waals surface area contributed by atoms with E-state index < -0.39 is 0 Å². The molecule has 0 aliphatic rings. The standard InChI is InChI=1S/C17H16N2O/c1-11-6-7-12(9-17(18)20)14(8-11)15-10-19-16-5-3-2-4-13(15)16/h2-8,10,19H,9H2,1H3,(H2,18,20). The van der Waals surface area contributed by atoms with Crippen molar-refractivity contribution in [2.24, 2.45) is 5.73 Å². The van der Waals surface area contributed by atoms with Gasteiger partial charge in [-0.25, -0.2) is 0 Å². The number of benzene rings is 2. The summed E-state index contributed by atoms with van der Waals surface area (Å²) in [4.78, 5) is 14.5. The number of amides is 1. The number of hydrogen-bond acceptors (Lipinski definition) is 1. The number of aromatic nitrogens is 1. The summed E-state index contributed by atoms with van der Waals surface area (Å²) in [5.41, 5.74) is 10.8. The molecule has 3 nitrogen and oxygen atoms in total. The zero-order chi connectivity index (χ0) is 14.1. The molecule has 20 heavy (non-hydrogen) atoms. The van der Waals surface area contributed by atoms with E-state index in [0.29, 0.717) is 0 Å². The van der Waals surface area contributed by atoms with Gasteiger partial charge in [0.2, 0.25) is 5.91 Å². The first-order chi connectivity index (χ1) is 9.65. The predicted octanol–water partition coefficient (Wildman–Crippen LogP) is 3.17. The molecule has 0 saturated carbocycles. The number of aryl methyl sites for hydroxylation is 1. The number of carbonyl (C=O) groups excluding carboxylic acids is 1. The van der Waals surface area contributed by atoms with Crippen molar-refractivity contribution in [3.05, 3.63) is 59.8 Å². The number of nitrogens with two attached hydrogens (primary N) is 1. The lowest BCUT2D eigenvalue weighted by Gasteiger charge is -2.09. The number of aromatic amines is 1. The maximum atomic E-state index is 11.3. The summed E-state index contributed by atoms with van der Waals surface area (Å²) in [5.74, 6) is -0.310. The Hall–Kier alpha value is -2.55. The zero-order valence-corrected chi connectivity index (χ0v) is 11.3. The molecular formula is C17H16N2O. The van der Waals surface area contributed by atoms with Gasteiger partial charge >= 0.3 is 0 Å². The number of H-pyrrole nitrogens is 1. The Balaban J connectivity index is 2.22. The van der Waals surface area contributed by atoms with Crippen molar-refractivity contribution >= 4 is 16.8 Å². The highest BCUT2D eigenvalue weighted by molar-refractivity contribution is 5.97. The Bertz CT molecular complexity index is 787. The van der Waals surface area contributed by atoms with Crippen molar-refractivity contribution < 1.29 is 4.79 Å². The van der Waals surface area contributed by atoms with Gasteiger partial charge in [0.1, 0.15) is 0 Å². The second-order valence-electron chi connectivity index (χ2n) is 5.05. The molecule has 0 bridgehead atoms. The number of hydrogen-bond donors (Lipinski definition) is 2. The van der Waals surface area contributed by atoms with Crippen molar-refractivity contribution in [1.82, 2.24) is 4.98 Å². The molecule has 3 N–H and O–H groups in total. The van der Waals surface area contributed by atoms with Crippen LogP contribution in [0.4, 0.5) is 0 Å². The van der Waals surface area contributed by atoms with Gasteiger partial charge in [-0.2, -0.15) is 0 Å². The Morgan fingerprint density at radius 2 is 1.95 bits per heavy atom. The number of fused-ring (bicyclic) bond motifs is 1. The lowest BCUT2D eigenvalue weighted by Crippen LogP contribution is -2.14. The Morgan fingerprint density at radius 3 is 2.75 bits per heavy atom. The smallest absolute Gasteiger partial charge is 0.221 e. The minimum Gasteiger partial charge on any atom is -0.369 e. The number of para-hydroxylation sites is 1. The van der Waals surface area contributed by atoms with Crippen molar-refractivity contribution in [2.45, 2.75) is 13.3 Å². The van der Waals surface area contributed by atoms with Crippen LogP contribution in [0.5, 0.6) is 0 Å². The summed E-state index contributed by atoms with van der Waals surface area (Å²) in [7, 11) is 0. The molecule has 1 amide bonds. The van der Waals surface area contributed by atoms with E-state index in [-0.39, 0.29) is 12.3 Å². The first kappa shape index (κ1) is 12.5. The number of nitrogens with one attached hydrogen (secondary N) is 1. The van der Waals surface area contributed by atoms with Crippen LogP contribution in [-0.2, 0) is 11.2 Å². The van der Waals surface area contributed by atoms with Gasteiger partial charge in [-0.05, 0) is 24.1 Å². The third-order valence-electron chi connectivity index (χ3n) is 3.51. The zero-order valence-electron chi connectivity index (χ0n) is 11.3. The molecule has 2 aromatic carbocycles. The summed E-state index contributed by atoms with van der Waals surface area (Å²) in [6.07, 6.45) is 2.25. The van der Waals surface area contributed by atoms with Crippen LogP contribution < -0.4 is 5.73 Å². The average molecular weight is 264 g/mol. The van der Waals surface area contributed by atoms with E-state index in [1.165, 1.54) is 5.56 Å². The van der Waals surface area contributed by atoms with Crippen LogP contribution >= 0.6 is 0 Å². The number of carbonyl (C=O) groups is 1. The third-order valence-corrected chi connectivity index (χ3v) is 3.51. The molecule has 1 heterocycles. The summed E-state index contributed by atoms with van der Waals surface area (Å²) in [6, 6.07) is 14.2. The summed E-state index contributed by atoms with van der Waals surface area (Å²) >= 11 is 0. The molecule has 0 unspecified atom stereocenters. The monoisotopic (exact) mass is 264 g/mol. The van der Waals surface area contributed by atoms with Crippen molar-refractivity contribution in [1.29, 1.82) is 0 Å². The van der Waals surface area contributed by atoms with Crippen LogP contribution in [0.25, 0.3) is 22.0 Å². The molecule has 0 aliphatic heterocycles. The van der Waals surface area contributed by atoms with Gasteiger partial charge < -0.3 is 10.7 Å². The van der Waals surface area contributed by atoms with Crippen LogP contribution in [0.1, 0.15) is 11.1 Å². The summed E-state index contributed by atoms with van der Waals surface area (Å²) in [6.45, 7) is 2.05. The van der Waals surface area contributed by atoms with Crippen molar-refractivity contribution in [3.8, 4) is 11.1 Å². The lowest BCUT2D eigenvalue weighted by atomic mass is 9.95. The fourth-order valence-corrected chi connectivity index (χ4v) is 2.58. The highest BCUT2D eigenvalue weighted by Crippen LogP contribution is 2.31. The minimum absolute atomic E-state index is 0.259. The quantitative estimate of drug-likeness (QED) is 0.750. The Kier molecular flexibility index (Phi) is 3.03. The maximum absolute atomic E-state index is 11.3. The molecule has 1 aromatic heterocycles.